The number of nitrogens with zero attached hydrogens (tertiary/aromatic N) is 4. The van der Waals surface area contributed by atoms with Crippen molar-refractivity contribution in [3.8, 4) is 22.1 Å². The molecule has 0 aromatic carbocycles. The van der Waals surface area contributed by atoms with Gasteiger partial charge in [-0.25, -0.2) is 4.98 Å². The maximum absolute atomic E-state index is 13.1. The summed E-state index contributed by atoms with van der Waals surface area (Å²) in [7, 11) is 1.53. The second-order valence-corrected chi connectivity index (χ2v) is 9.48. The highest BCUT2D eigenvalue weighted by Gasteiger charge is 2.36. The monoisotopic (exact) mass is 489 g/mol. The molecule has 174 valence electrons. The van der Waals surface area contributed by atoms with Gasteiger partial charge in [0.1, 0.15) is 10.9 Å². The van der Waals surface area contributed by atoms with E-state index in [0.29, 0.717) is 39.4 Å². The van der Waals surface area contributed by atoms with Crippen LogP contribution in [-0.2, 0) is 4.74 Å². The number of carbonyl (C=O) groups excluding carboxylic acids is 1. The van der Waals surface area contributed by atoms with E-state index in [2.05, 4.69) is 39.3 Å². The first kappa shape index (κ1) is 23.3. The summed E-state index contributed by atoms with van der Waals surface area (Å²) in [6, 6.07) is 3.44. The molecule has 4 rings (SSSR count). The van der Waals surface area contributed by atoms with Gasteiger partial charge in [0.15, 0.2) is 0 Å². The Kier molecular flexibility index (Phi) is 6.78. The Hall–Kier alpha value is -2.82. The maximum Gasteiger partial charge on any atom is 0.295 e. The SMILES string of the molecule is COc1cnc(Cl)cc1-c1cc(C)ncc1C(=O)Nc1nnc(OCC2CCOC2(C)C)s1. The Balaban J connectivity index is 1.52. The summed E-state index contributed by atoms with van der Waals surface area (Å²) in [6.45, 7) is 7.14. The molecule has 3 aromatic heterocycles. The van der Waals surface area contributed by atoms with E-state index in [1.165, 1.54) is 19.5 Å². The largest absolute Gasteiger partial charge is 0.494 e. The number of halogens is 1. The van der Waals surface area contributed by atoms with Crippen LogP contribution >= 0.6 is 22.9 Å². The van der Waals surface area contributed by atoms with Crippen molar-refractivity contribution in [1.82, 2.24) is 20.2 Å². The van der Waals surface area contributed by atoms with Crippen LogP contribution in [0.4, 0.5) is 5.13 Å². The first-order valence-corrected chi connectivity index (χ1v) is 11.5. The van der Waals surface area contributed by atoms with Crippen molar-refractivity contribution in [2.75, 3.05) is 25.6 Å². The van der Waals surface area contributed by atoms with Crippen molar-refractivity contribution in [1.29, 1.82) is 0 Å². The lowest BCUT2D eigenvalue weighted by Gasteiger charge is -2.24. The second-order valence-electron chi connectivity index (χ2n) is 8.15. The predicted octanol–water partition coefficient (Wildman–Crippen LogP) is 4.41. The van der Waals surface area contributed by atoms with Gasteiger partial charge in [-0.05, 0) is 50.7 Å². The lowest BCUT2D eigenvalue weighted by molar-refractivity contribution is -0.0000271. The molecule has 0 aliphatic carbocycles. The number of aryl methyl sites for hydroxylation is 1. The van der Waals surface area contributed by atoms with Crippen molar-refractivity contribution in [3.05, 3.63) is 40.9 Å². The third-order valence-electron chi connectivity index (χ3n) is 5.59. The quantitative estimate of drug-likeness (QED) is 0.486. The van der Waals surface area contributed by atoms with Crippen LogP contribution in [0, 0.1) is 12.8 Å². The summed E-state index contributed by atoms with van der Waals surface area (Å²) in [5.41, 5.74) is 2.10. The van der Waals surface area contributed by atoms with Crippen molar-refractivity contribution < 1.29 is 19.0 Å². The molecule has 1 aliphatic rings. The third-order valence-corrected chi connectivity index (χ3v) is 6.55. The number of methoxy groups -OCH3 is 1. The van der Waals surface area contributed by atoms with Gasteiger partial charge in [0.05, 0.1) is 31.1 Å². The van der Waals surface area contributed by atoms with Crippen LogP contribution in [-0.4, -0.2) is 52.0 Å². The highest BCUT2D eigenvalue weighted by Crippen LogP contribution is 2.35. The summed E-state index contributed by atoms with van der Waals surface area (Å²) >= 11 is 7.26. The number of hydrogen-bond donors (Lipinski definition) is 1. The highest BCUT2D eigenvalue weighted by molar-refractivity contribution is 7.17. The van der Waals surface area contributed by atoms with Gasteiger partial charge < -0.3 is 14.2 Å². The van der Waals surface area contributed by atoms with Crippen LogP contribution in [0.25, 0.3) is 11.1 Å². The zero-order chi connectivity index (χ0) is 23.6. The number of pyridine rings is 2. The lowest BCUT2D eigenvalue weighted by Crippen LogP contribution is -2.31. The van der Waals surface area contributed by atoms with Crippen molar-refractivity contribution in [3.63, 3.8) is 0 Å². The van der Waals surface area contributed by atoms with Crippen LogP contribution in [0.2, 0.25) is 5.15 Å². The number of hydrogen-bond acceptors (Lipinski definition) is 9. The molecule has 9 nitrogen and oxygen atoms in total. The fourth-order valence-electron chi connectivity index (χ4n) is 3.62. The molecule has 3 aromatic rings. The van der Waals surface area contributed by atoms with Gasteiger partial charge in [0, 0.05) is 35.5 Å². The van der Waals surface area contributed by atoms with Gasteiger partial charge in [0.25, 0.3) is 11.1 Å². The smallest absolute Gasteiger partial charge is 0.295 e. The third kappa shape index (κ3) is 5.23. The first-order valence-electron chi connectivity index (χ1n) is 10.3. The average molecular weight is 490 g/mol. The van der Waals surface area contributed by atoms with E-state index in [0.717, 1.165) is 30.1 Å². The van der Waals surface area contributed by atoms with Crippen LogP contribution in [0.3, 0.4) is 0 Å². The molecule has 11 heteroatoms. The number of rotatable bonds is 7. The van der Waals surface area contributed by atoms with Crippen LogP contribution in [0.5, 0.6) is 10.9 Å². The molecule has 0 bridgehead atoms. The van der Waals surface area contributed by atoms with E-state index in [1.54, 1.807) is 12.1 Å². The van der Waals surface area contributed by atoms with Crippen LogP contribution in [0.1, 0.15) is 36.3 Å². The molecule has 33 heavy (non-hydrogen) atoms. The number of carbonyl (C=O) groups is 1. The summed E-state index contributed by atoms with van der Waals surface area (Å²) in [6.07, 6.45) is 3.95. The van der Waals surface area contributed by atoms with Gasteiger partial charge in [-0.15, -0.1) is 5.10 Å². The van der Waals surface area contributed by atoms with Gasteiger partial charge in [-0.1, -0.05) is 16.7 Å². The summed E-state index contributed by atoms with van der Waals surface area (Å²) in [4.78, 5) is 21.4. The summed E-state index contributed by atoms with van der Waals surface area (Å²) < 4.78 is 17.0. The average Bonchev–Trinajstić information content (AvgIpc) is 3.36. The summed E-state index contributed by atoms with van der Waals surface area (Å²) in [5, 5.41) is 11.8. The normalized spacial score (nSPS) is 17.1. The molecule has 4 heterocycles. The minimum atomic E-state index is -0.388. The van der Waals surface area contributed by atoms with Crippen molar-refractivity contribution in [2.45, 2.75) is 32.8 Å². The van der Waals surface area contributed by atoms with Gasteiger partial charge in [-0.3, -0.25) is 15.1 Å². The maximum atomic E-state index is 13.1. The number of nitrogens with one attached hydrogen (secondary N) is 1. The number of anilines is 1. The second kappa shape index (κ2) is 9.58. The van der Waals surface area contributed by atoms with Crippen molar-refractivity contribution >= 4 is 34.0 Å². The number of aromatic nitrogens is 4. The molecule has 0 spiro atoms. The molecule has 1 atom stereocenters. The van der Waals surface area contributed by atoms with E-state index < -0.39 is 0 Å². The molecule has 1 fully saturated rings. The molecule has 1 amide bonds. The zero-order valence-corrected chi connectivity index (χ0v) is 20.3. The standard InChI is InChI=1S/C22H24ClN5O4S/c1-12-7-14(15-8-18(23)25-10-17(15)30-4)16(9-24-12)19(29)26-20-27-28-21(33-20)31-11-13-5-6-32-22(13,2)3/h7-10,13H,5-6,11H2,1-4H3,(H,26,27,29). The van der Waals surface area contributed by atoms with E-state index >= 15 is 0 Å². The van der Waals surface area contributed by atoms with Crippen LogP contribution in [0.15, 0.2) is 24.5 Å². The summed E-state index contributed by atoms with van der Waals surface area (Å²) in [5.74, 6) is 0.368. The number of ether oxygens (including phenoxy) is 3. The van der Waals surface area contributed by atoms with Gasteiger partial charge in [0.2, 0.25) is 5.13 Å². The van der Waals surface area contributed by atoms with Gasteiger partial charge >= 0.3 is 0 Å². The highest BCUT2D eigenvalue weighted by atomic mass is 35.5. The Morgan fingerprint density at radius 3 is 2.82 bits per heavy atom. The van der Waals surface area contributed by atoms with E-state index in [4.69, 9.17) is 25.8 Å². The molecule has 0 saturated carbocycles. The minimum absolute atomic E-state index is 0.229. The topological polar surface area (TPSA) is 108 Å². The van der Waals surface area contributed by atoms with Crippen LogP contribution < -0.4 is 14.8 Å². The fraction of sp³-hybridized carbons (Fsp3) is 0.409. The van der Waals surface area contributed by atoms with Crippen molar-refractivity contribution in [2.24, 2.45) is 5.92 Å². The minimum Gasteiger partial charge on any atom is -0.494 e. The molecular weight excluding hydrogens is 466 g/mol. The molecule has 1 N–H and O–H groups in total. The first-order chi connectivity index (χ1) is 15.8. The molecule has 1 aliphatic heterocycles. The Labute approximate surface area is 200 Å². The predicted molar refractivity (Wildman–Crippen MR) is 125 cm³/mol. The molecule has 1 unspecified atom stereocenters. The Bertz CT molecular complexity index is 1170. The van der Waals surface area contributed by atoms with E-state index in [-0.39, 0.29) is 22.6 Å². The molecule has 1 saturated heterocycles. The Morgan fingerprint density at radius 1 is 1.27 bits per heavy atom. The number of amides is 1. The van der Waals surface area contributed by atoms with Gasteiger partial charge in [-0.2, -0.15) is 0 Å². The van der Waals surface area contributed by atoms with E-state index in [9.17, 15) is 4.79 Å². The Morgan fingerprint density at radius 2 is 2.09 bits per heavy atom. The zero-order valence-electron chi connectivity index (χ0n) is 18.7. The molecular formula is C22H24ClN5O4S. The molecule has 0 radical (unpaired) electrons. The fourth-order valence-corrected chi connectivity index (χ4v) is 4.38. The lowest BCUT2D eigenvalue weighted by atomic mass is 9.92. The van der Waals surface area contributed by atoms with E-state index in [1.807, 2.05) is 6.92 Å².